The van der Waals surface area contributed by atoms with E-state index in [1.165, 1.54) is 0 Å². The number of aliphatic hydroxyl groups is 2. The Hall–Kier alpha value is -0.690. The summed E-state index contributed by atoms with van der Waals surface area (Å²) in [6.07, 6.45) is 2.57. The largest absolute Gasteiger partial charge is 0.466 e. The minimum absolute atomic E-state index is 0.0417. The minimum atomic E-state index is -0.0700. The topological polar surface area (TPSA) is 85.2 Å². The molecule has 0 rings (SSSR count). The van der Waals surface area contributed by atoms with Crippen LogP contribution in [0.25, 0.3) is 0 Å². The van der Waals surface area contributed by atoms with Gasteiger partial charge in [0.2, 0.25) is 0 Å². The van der Waals surface area contributed by atoms with Crippen LogP contribution >= 0.6 is 0 Å². The fourth-order valence-corrected chi connectivity index (χ4v) is 1.01. The molecule has 0 aliphatic carbocycles. The highest BCUT2D eigenvalue weighted by atomic mass is 16.5. The van der Waals surface area contributed by atoms with Gasteiger partial charge in [0.25, 0.3) is 0 Å². The molecule has 6 nitrogen and oxygen atoms in total. The molecule has 0 amide bonds. The number of ether oxygens (including phenoxy) is 3. The lowest BCUT2D eigenvalue weighted by atomic mass is 10.3. The van der Waals surface area contributed by atoms with Crippen LogP contribution in [0.5, 0.6) is 0 Å². The van der Waals surface area contributed by atoms with Crippen molar-refractivity contribution in [3.8, 4) is 0 Å². The van der Waals surface area contributed by atoms with Crippen molar-refractivity contribution in [3.63, 3.8) is 0 Å². The standard InChI is InChI=1S/C7H14O2.C6H14O4/c1-3-5-6-7(8)9-4-2;7-1-3-9-5-6-10-4-2-8/h3-6H2,1-2H3;7-8H,1-6H2. The van der Waals surface area contributed by atoms with E-state index in [0.29, 0.717) is 39.5 Å². The van der Waals surface area contributed by atoms with Crippen LogP contribution in [0.15, 0.2) is 0 Å². The highest BCUT2D eigenvalue weighted by Crippen LogP contribution is 1.95. The number of carbonyl (C=O) groups is 1. The summed E-state index contributed by atoms with van der Waals surface area (Å²) in [4.78, 5) is 10.6. The van der Waals surface area contributed by atoms with Crippen molar-refractivity contribution < 1.29 is 29.2 Å². The fraction of sp³-hybridized carbons (Fsp3) is 0.923. The third kappa shape index (κ3) is 22.9. The van der Waals surface area contributed by atoms with Crippen molar-refractivity contribution in [2.75, 3.05) is 46.2 Å². The van der Waals surface area contributed by atoms with Crippen LogP contribution in [-0.2, 0) is 19.0 Å². The van der Waals surface area contributed by atoms with Gasteiger partial charge in [-0.05, 0) is 13.3 Å². The SMILES string of the molecule is CCCCC(=O)OCC.OCCOCCOCCO. The van der Waals surface area contributed by atoms with Crippen molar-refractivity contribution in [1.82, 2.24) is 0 Å². The van der Waals surface area contributed by atoms with E-state index >= 15 is 0 Å². The second kappa shape index (κ2) is 19.6. The van der Waals surface area contributed by atoms with Gasteiger partial charge < -0.3 is 24.4 Å². The van der Waals surface area contributed by atoms with Gasteiger partial charge in [-0.3, -0.25) is 4.79 Å². The van der Waals surface area contributed by atoms with Crippen LogP contribution in [0.1, 0.15) is 33.1 Å². The lowest BCUT2D eigenvalue weighted by molar-refractivity contribution is -0.143. The summed E-state index contributed by atoms with van der Waals surface area (Å²) in [7, 11) is 0. The van der Waals surface area contributed by atoms with Gasteiger partial charge in [-0.2, -0.15) is 0 Å². The van der Waals surface area contributed by atoms with Gasteiger partial charge in [0.1, 0.15) is 0 Å². The average molecular weight is 280 g/mol. The molecule has 0 unspecified atom stereocenters. The summed E-state index contributed by atoms with van der Waals surface area (Å²) in [6.45, 7) is 6.11. The predicted octanol–water partition coefficient (Wildman–Crippen LogP) is 0.744. The van der Waals surface area contributed by atoms with Gasteiger partial charge in [-0.15, -0.1) is 0 Å². The molecule has 0 aromatic rings. The number of aliphatic hydroxyl groups excluding tert-OH is 2. The molecular weight excluding hydrogens is 252 g/mol. The highest BCUT2D eigenvalue weighted by Gasteiger charge is 1.97. The Labute approximate surface area is 115 Å². The lowest BCUT2D eigenvalue weighted by Gasteiger charge is -2.01. The van der Waals surface area contributed by atoms with Crippen LogP contribution < -0.4 is 0 Å². The summed E-state index contributed by atoms with van der Waals surface area (Å²) >= 11 is 0. The summed E-state index contributed by atoms with van der Waals surface area (Å²) in [5.74, 6) is -0.0700. The zero-order valence-corrected chi connectivity index (χ0v) is 12.1. The van der Waals surface area contributed by atoms with Gasteiger partial charge in [0.05, 0.1) is 46.2 Å². The predicted molar refractivity (Wildman–Crippen MR) is 72.0 cm³/mol. The molecule has 0 radical (unpaired) electrons. The van der Waals surface area contributed by atoms with E-state index in [1.54, 1.807) is 0 Å². The maximum atomic E-state index is 10.6. The molecule has 0 atom stereocenters. The van der Waals surface area contributed by atoms with Crippen molar-refractivity contribution in [2.24, 2.45) is 0 Å². The molecule has 0 aromatic carbocycles. The van der Waals surface area contributed by atoms with Gasteiger partial charge in [0, 0.05) is 6.42 Å². The number of carbonyl (C=O) groups excluding carboxylic acids is 1. The van der Waals surface area contributed by atoms with Crippen molar-refractivity contribution in [3.05, 3.63) is 0 Å². The van der Waals surface area contributed by atoms with Crippen LogP contribution in [-0.4, -0.2) is 62.4 Å². The molecule has 0 saturated heterocycles. The Kier molecular flexibility index (Phi) is 21.3. The van der Waals surface area contributed by atoms with E-state index in [-0.39, 0.29) is 19.2 Å². The monoisotopic (exact) mass is 280 g/mol. The Balaban J connectivity index is 0. The summed E-state index contributed by atoms with van der Waals surface area (Å²) in [5, 5.41) is 16.5. The molecule has 0 aliphatic rings. The van der Waals surface area contributed by atoms with Crippen molar-refractivity contribution in [2.45, 2.75) is 33.1 Å². The fourth-order valence-electron chi connectivity index (χ4n) is 1.01. The Morgan fingerprint density at radius 1 is 0.947 bits per heavy atom. The number of unbranched alkanes of at least 4 members (excludes halogenated alkanes) is 1. The smallest absolute Gasteiger partial charge is 0.305 e. The Bertz CT molecular complexity index is 167. The Morgan fingerprint density at radius 3 is 1.84 bits per heavy atom. The average Bonchev–Trinajstić information content (AvgIpc) is 2.41. The molecule has 6 heteroatoms. The van der Waals surface area contributed by atoms with Gasteiger partial charge >= 0.3 is 5.97 Å². The molecule has 0 heterocycles. The number of esters is 1. The van der Waals surface area contributed by atoms with Crippen LogP contribution in [0.4, 0.5) is 0 Å². The van der Waals surface area contributed by atoms with Crippen molar-refractivity contribution >= 4 is 5.97 Å². The number of hydrogen-bond acceptors (Lipinski definition) is 6. The number of rotatable bonds is 11. The minimum Gasteiger partial charge on any atom is -0.466 e. The number of hydrogen-bond donors (Lipinski definition) is 2. The van der Waals surface area contributed by atoms with Gasteiger partial charge in [-0.1, -0.05) is 13.3 Å². The molecular formula is C13H28O6. The molecule has 0 spiro atoms. The zero-order valence-electron chi connectivity index (χ0n) is 12.1. The molecule has 0 aliphatic heterocycles. The summed E-state index contributed by atoms with van der Waals surface area (Å²) in [6, 6.07) is 0. The van der Waals surface area contributed by atoms with E-state index < -0.39 is 0 Å². The Morgan fingerprint density at radius 2 is 1.47 bits per heavy atom. The first-order valence-corrected chi connectivity index (χ1v) is 6.75. The molecule has 116 valence electrons. The lowest BCUT2D eigenvalue weighted by Crippen LogP contribution is -2.09. The van der Waals surface area contributed by atoms with Gasteiger partial charge in [0.15, 0.2) is 0 Å². The van der Waals surface area contributed by atoms with E-state index in [2.05, 4.69) is 6.92 Å². The third-order valence-corrected chi connectivity index (χ3v) is 1.88. The van der Waals surface area contributed by atoms with Crippen LogP contribution in [0, 0.1) is 0 Å². The van der Waals surface area contributed by atoms with E-state index in [0.717, 1.165) is 12.8 Å². The van der Waals surface area contributed by atoms with Gasteiger partial charge in [-0.25, -0.2) is 0 Å². The quantitative estimate of drug-likeness (QED) is 0.429. The first-order chi connectivity index (χ1) is 9.22. The third-order valence-electron chi connectivity index (χ3n) is 1.88. The second-order valence-corrected chi connectivity index (χ2v) is 3.58. The maximum absolute atomic E-state index is 10.6. The van der Waals surface area contributed by atoms with E-state index in [9.17, 15) is 4.79 Å². The van der Waals surface area contributed by atoms with E-state index in [4.69, 9.17) is 24.4 Å². The summed E-state index contributed by atoms with van der Waals surface area (Å²) < 4.78 is 14.5. The first kappa shape index (κ1) is 20.6. The summed E-state index contributed by atoms with van der Waals surface area (Å²) in [5.41, 5.74) is 0. The maximum Gasteiger partial charge on any atom is 0.305 e. The van der Waals surface area contributed by atoms with Crippen LogP contribution in [0.2, 0.25) is 0 Å². The molecule has 0 bridgehead atoms. The molecule has 0 fully saturated rings. The molecule has 2 N–H and O–H groups in total. The van der Waals surface area contributed by atoms with Crippen molar-refractivity contribution in [1.29, 1.82) is 0 Å². The zero-order chi connectivity index (χ0) is 14.8. The molecule has 19 heavy (non-hydrogen) atoms. The molecule has 0 saturated carbocycles. The van der Waals surface area contributed by atoms with Crippen LogP contribution in [0.3, 0.4) is 0 Å². The molecule has 0 aromatic heterocycles. The normalized spacial score (nSPS) is 9.68. The van der Waals surface area contributed by atoms with E-state index in [1.807, 2.05) is 6.92 Å². The second-order valence-electron chi connectivity index (χ2n) is 3.58. The first-order valence-electron chi connectivity index (χ1n) is 6.75. The highest BCUT2D eigenvalue weighted by molar-refractivity contribution is 5.69.